The summed E-state index contributed by atoms with van der Waals surface area (Å²) in [6.45, 7) is 4.49. The van der Waals surface area contributed by atoms with Gasteiger partial charge in [0.1, 0.15) is 0 Å². The van der Waals surface area contributed by atoms with Gasteiger partial charge in [-0.2, -0.15) is 0 Å². The van der Waals surface area contributed by atoms with Crippen molar-refractivity contribution in [3.63, 3.8) is 0 Å². The van der Waals surface area contributed by atoms with Crippen LogP contribution in [0.1, 0.15) is 13.8 Å². The van der Waals surface area contributed by atoms with Crippen molar-refractivity contribution in [1.82, 2.24) is 4.90 Å². The summed E-state index contributed by atoms with van der Waals surface area (Å²) in [6.07, 6.45) is 6.53. The molecule has 0 saturated carbocycles. The Balaban J connectivity index is 2.86. The molecule has 0 radical (unpaired) electrons. The Morgan fingerprint density at radius 1 is 1.54 bits per heavy atom. The summed E-state index contributed by atoms with van der Waals surface area (Å²) in [5.74, 6) is 0.635. The highest BCUT2D eigenvalue weighted by molar-refractivity contribution is 9.11. The first-order valence-corrected chi connectivity index (χ1v) is 6.43. The van der Waals surface area contributed by atoms with Crippen LogP contribution in [0.4, 0.5) is 0 Å². The lowest BCUT2D eigenvalue weighted by atomic mass is 10.0. The number of allylic oxidation sites excluding steroid dienone is 1. The van der Waals surface area contributed by atoms with Gasteiger partial charge in [0, 0.05) is 22.6 Å². The maximum atomic E-state index is 3.64. The molecule has 0 spiro atoms. The van der Waals surface area contributed by atoms with Crippen LogP contribution in [0.3, 0.4) is 0 Å². The van der Waals surface area contributed by atoms with E-state index in [1.807, 2.05) is 0 Å². The van der Waals surface area contributed by atoms with E-state index in [1.165, 1.54) is 9.39 Å². The van der Waals surface area contributed by atoms with Crippen molar-refractivity contribution < 1.29 is 0 Å². The molecule has 0 fully saturated rings. The Morgan fingerprint density at radius 3 is 2.54 bits per heavy atom. The molecule has 0 aliphatic carbocycles. The van der Waals surface area contributed by atoms with E-state index in [2.05, 4.69) is 60.3 Å². The van der Waals surface area contributed by atoms with Gasteiger partial charge in [-0.3, -0.25) is 0 Å². The van der Waals surface area contributed by atoms with Gasteiger partial charge in [0.15, 0.2) is 0 Å². The fourth-order valence-corrected chi connectivity index (χ4v) is 3.40. The van der Waals surface area contributed by atoms with E-state index in [0.29, 0.717) is 12.0 Å². The molecule has 1 aliphatic rings. The Labute approximate surface area is 93.4 Å². The van der Waals surface area contributed by atoms with E-state index >= 15 is 0 Å². The van der Waals surface area contributed by atoms with Gasteiger partial charge < -0.3 is 4.90 Å². The molecule has 0 bridgehead atoms. The number of halogens is 1. The average Bonchev–Trinajstić information content (AvgIpc) is 2.02. The molecular formula is C10H16BrNS. The predicted octanol–water partition coefficient (Wildman–Crippen LogP) is 3.44. The third-order valence-corrected chi connectivity index (χ3v) is 3.59. The lowest BCUT2D eigenvalue weighted by Gasteiger charge is -2.33. The second kappa shape index (κ2) is 4.56. The number of hydrogen-bond acceptors (Lipinski definition) is 2. The van der Waals surface area contributed by atoms with Crippen molar-refractivity contribution in [2.45, 2.75) is 19.9 Å². The Morgan fingerprint density at radius 2 is 2.15 bits per heavy atom. The molecule has 0 aromatic carbocycles. The molecule has 13 heavy (non-hydrogen) atoms. The first kappa shape index (κ1) is 11.2. The van der Waals surface area contributed by atoms with Gasteiger partial charge in [-0.15, -0.1) is 11.8 Å². The SMILES string of the molecule is CSC1=CN(C)C(C(C)C)C(Br)=C1. The van der Waals surface area contributed by atoms with Crippen LogP contribution in [0.25, 0.3) is 0 Å². The number of rotatable bonds is 2. The van der Waals surface area contributed by atoms with Crippen molar-refractivity contribution in [3.05, 3.63) is 21.7 Å². The van der Waals surface area contributed by atoms with Gasteiger partial charge >= 0.3 is 0 Å². The zero-order chi connectivity index (χ0) is 10.0. The topological polar surface area (TPSA) is 3.24 Å². The predicted molar refractivity (Wildman–Crippen MR) is 65.0 cm³/mol. The van der Waals surface area contributed by atoms with Gasteiger partial charge in [-0.1, -0.05) is 29.8 Å². The van der Waals surface area contributed by atoms with E-state index in [9.17, 15) is 0 Å². The molecule has 3 heteroatoms. The molecule has 74 valence electrons. The summed E-state index contributed by atoms with van der Waals surface area (Å²) >= 11 is 5.42. The molecule has 0 aromatic rings. The van der Waals surface area contributed by atoms with E-state index in [4.69, 9.17) is 0 Å². The second-order valence-corrected chi connectivity index (χ2v) is 5.41. The number of likely N-dealkylation sites (N-methyl/N-ethyl adjacent to an activating group) is 1. The van der Waals surface area contributed by atoms with Gasteiger partial charge in [0.05, 0.1) is 6.04 Å². The summed E-state index contributed by atoms with van der Waals surface area (Å²) in [6, 6.07) is 0.496. The first-order valence-electron chi connectivity index (χ1n) is 4.41. The van der Waals surface area contributed by atoms with Gasteiger partial charge in [-0.05, 0) is 18.2 Å². The smallest absolute Gasteiger partial charge is 0.0622 e. The molecule has 1 atom stereocenters. The number of thioether (sulfide) groups is 1. The Hall–Kier alpha value is 0.110. The van der Waals surface area contributed by atoms with Crippen LogP contribution in [-0.4, -0.2) is 24.2 Å². The highest BCUT2D eigenvalue weighted by Crippen LogP contribution is 2.31. The maximum absolute atomic E-state index is 3.64. The van der Waals surface area contributed by atoms with E-state index < -0.39 is 0 Å². The quantitative estimate of drug-likeness (QED) is 0.750. The van der Waals surface area contributed by atoms with E-state index in [-0.39, 0.29) is 0 Å². The summed E-state index contributed by atoms with van der Waals surface area (Å²) in [4.78, 5) is 3.59. The molecule has 1 aliphatic heterocycles. The van der Waals surface area contributed by atoms with E-state index in [0.717, 1.165) is 0 Å². The maximum Gasteiger partial charge on any atom is 0.0622 e. The van der Waals surface area contributed by atoms with Crippen LogP contribution in [0.2, 0.25) is 0 Å². The Kier molecular flexibility index (Phi) is 3.92. The van der Waals surface area contributed by atoms with Crippen LogP contribution in [-0.2, 0) is 0 Å². The fraction of sp³-hybridized carbons (Fsp3) is 0.600. The molecule has 0 aromatic heterocycles. The molecular weight excluding hydrogens is 246 g/mol. The van der Waals surface area contributed by atoms with Crippen LogP contribution in [0, 0.1) is 5.92 Å². The van der Waals surface area contributed by atoms with Gasteiger partial charge in [0.25, 0.3) is 0 Å². The molecule has 0 saturated heterocycles. The van der Waals surface area contributed by atoms with Crippen molar-refractivity contribution in [3.8, 4) is 0 Å². The second-order valence-electron chi connectivity index (χ2n) is 3.62. The lowest BCUT2D eigenvalue weighted by Crippen LogP contribution is -2.34. The molecule has 1 unspecified atom stereocenters. The van der Waals surface area contributed by atoms with Crippen LogP contribution in [0.15, 0.2) is 21.7 Å². The van der Waals surface area contributed by atoms with Crippen molar-refractivity contribution in [2.24, 2.45) is 5.92 Å². The van der Waals surface area contributed by atoms with Crippen LogP contribution < -0.4 is 0 Å². The van der Waals surface area contributed by atoms with Crippen LogP contribution in [0.5, 0.6) is 0 Å². The minimum absolute atomic E-state index is 0.496. The molecule has 0 N–H and O–H groups in total. The highest BCUT2D eigenvalue weighted by Gasteiger charge is 2.23. The zero-order valence-corrected chi connectivity index (χ0v) is 10.9. The third kappa shape index (κ3) is 2.53. The molecule has 1 heterocycles. The first-order chi connectivity index (χ1) is 6.06. The van der Waals surface area contributed by atoms with Crippen molar-refractivity contribution >= 4 is 27.7 Å². The van der Waals surface area contributed by atoms with Crippen molar-refractivity contribution in [2.75, 3.05) is 13.3 Å². The monoisotopic (exact) mass is 261 g/mol. The van der Waals surface area contributed by atoms with Gasteiger partial charge in [-0.25, -0.2) is 0 Å². The number of nitrogens with zero attached hydrogens (tertiary/aromatic N) is 1. The average molecular weight is 262 g/mol. The normalized spacial score (nSPS) is 23.2. The largest absolute Gasteiger partial charge is 0.372 e. The molecule has 0 amide bonds. The summed E-state index contributed by atoms with van der Waals surface area (Å²) < 4.78 is 1.29. The Bertz CT molecular complexity index is 245. The minimum Gasteiger partial charge on any atom is -0.372 e. The molecule has 1 rings (SSSR count). The lowest BCUT2D eigenvalue weighted by molar-refractivity contribution is 0.303. The summed E-state index contributed by atoms with van der Waals surface area (Å²) in [5, 5.41) is 0. The minimum atomic E-state index is 0.496. The zero-order valence-electron chi connectivity index (χ0n) is 8.54. The molecule has 1 nitrogen and oxygen atoms in total. The van der Waals surface area contributed by atoms with Gasteiger partial charge in [0.2, 0.25) is 0 Å². The summed E-state index contributed by atoms with van der Waals surface area (Å²) in [7, 11) is 2.13. The third-order valence-electron chi connectivity index (χ3n) is 2.20. The van der Waals surface area contributed by atoms with E-state index in [1.54, 1.807) is 11.8 Å². The van der Waals surface area contributed by atoms with Crippen LogP contribution >= 0.6 is 27.7 Å². The summed E-state index contributed by atoms with van der Waals surface area (Å²) in [5.41, 5.74) is 0. The standard InChI is InChI=1S/C10H16BrNS/c1-7(2)10-9(11)5-8(13-4)6-12(10)3/h5-7,10H,1-4H3. The fourth-order valence-electron chi connectivity index (χ4n) is 1.63. The highest BCUT2D eigenvalue weighted by atomic mass is 79.9. The van der Waals surface area contributed by atoms with Crippen molar-refractivity contribution in [1.29, 1.82) is 0 Å². The number of hydrogen-bond donors (Lipinski definition) is 0.